The molecule has 1 aliphatic heterocycles. The summed E-state index contributed by atoms with van der Waals surface area (Å²) in [5.41, 5.74) is 2.03. The van der Waals surface area contributed by atoms with Crippen LogP contribution >= 0.6 is 24.0 Å². The molecule has 1 amide bonds. The first kappa shape index (κ1) is 22.8. The smallest absolute Gasteiger partial charge is 0.225 e. The van der Waals surface area contributed by atoms with E-state index in [9.17, 15) is 4.79 Å². The van der Waals surface area contributed by atoms with Gasteiger partial charge < -0.3 is 25.4 Å². The number of hydrogen-bond acceptors (Lipinski definition) is 4. The van der Waals surface area contributed by atoms with E-state index in [0.29, 0.717) is 32.1 Å². The van der Waals surface area contributed by atoms with Crippen LogP contribution in [0.4, 0.5) is 5.69 Å². The van der Waals surface area contributed by atoms with E-state index in [1.54, 1.807) is 14.2 Å². The SMILES string of the molecule is CN=C(NCCOc1cccc(OC)c1)NCC1CC(=O)Nc2ccccc21.I. The Morgan fingerprint density at radius 2 is 1.97 bits per heavy atom. The van der Waals surface area contributed by atoms with Crippen LogP contribution in [0.3, 0.4) is 0 Å². The number of guanidine groups is 1. The molecular formula is C21H27IN4O3. The maximum absolute atomic E-state index is 11.9. The number of methoxy groups -OCH3 is 1. The molecule has 3 rings (SSSR count). The minimum absolute atomic E-state index is 0. The molecule has 3 N–H and O–H groups in total. The highest BCUT2D eigenvalue weighted by molar-refractivity contribution is 14.0. The largest absolute Gasteiger partial charge is 0.497 e. The lowest BCUT2D eigenvalue weighted by Gasteiger charge is -2.26. The number of nitrogens with one attached hydrogen (secondary N) is 3. The quantitative estimate of drug-likeness (QED) is 0.231. The van der Waals surface area contributed by atoms with E-state index < -0.39 is 0 Å². The molecule has 0 bridgehead atoms. The minimum atomic E-state index is 0. The van der Waals surface area contributed by atoms with Crippen LogP contribution < -0.4 is 25.4 Å². The van der Waals surface area contributed by atoms with Crippen molar-refractivity contribution in [2.45, 2.75) is 12.3 Å². The molecular weight excluding hydrogens is 483 g/mol. The molecule has 0 saturated carbocycles. The number of aliphatic imine (C=N–C) groups is 1. The molecule has 2 aromatic carbocycles. The second-order valence-electron chi connectivity index (χ2n) is 6.44. The van der Waals surface area contributed by atoms with Gasteiger partial charge in [-0.3, -0.25) is 9.79 Å². The lowest BCUT2D eigenvalue weighted by Crippen LogP contribution is -2.42. The molecule has 7 nitrogen and oxygen atoms in total. The van der Waals surface area contributed by atoms with E-state index in [2.05, 4.69) is 27.0 Å². The van der Waals surface area contributed by atoms with Gasteiger partial charge in [0, 0.05) is 37.7 Å². The molecule has 1 atom stereocenters. The number of halogens is 1. The van der Waals surface area contributed by atoms with Gasteiger partial charge in [-0.25, -0.2) is 0 Å². The molecule has 0 radical (unpaired) electrons. The van der Waals surface area contributed by atoms with Gasteiger partial charge in [-0.15, -0.1) is 24.0 Å². The monoisotopic (exact) mass is 510 g/mol. The van der Waals surface area contributed by atoms with Gasteiger partial charge in [0.1, 0.15) is 18.1 Å². The molecule has 29 heavy (non-hydrogen) atoms. The first-order chi connectivity index (χ1) is 13.7. The highest BCUT2D eigenvalue weighted by Gasteiger charge is 2.24. The molecule has 156 valence electrons. The number of ether oxygens (including phenoxy) is 2. The predicted octanol–water partition coefficient (Wildman–Crippen LogP) is 2.98. The number of fused-ring (bicyclic) bond motifs is 1. The molecule has 1 aliphatic rings. The van der Waals surface area contributed by atoms with Gasteiger partial charge in [-0.05, 0) is 23.8 Å². The van der Waals surface area contributed by atoms with Crippen LogP contribution in [0.2, 0.25) is 0 Å². The van der Waals surface area contributed by atoms with Crippen LogP contribution in [0.25, 0.3) is 0 Å². The third-order valence-corrected chi connectivity index (χ3v) is 4.55. The Balaban J connectivity index is 0.00000300. The van der Waals surface area contributed by atoms with Gasteiger partial charge in [0.15, 0.2) is 5.96 Å². The van der Waals surface area contributed by atoms with Gasteiger partial charge >= 0.3 is 0 Å². The molecule has 2 aromatic rings. The predicted molar refractivity (Wildman–Crippen MR) is 126 cm³/mol. The summed E-state index contributed by atoms with van der Waals surface area (Å²) < 4.78 is 10.9. The number of anilines is 1. The number of nitrogens with zero attached hydrogens (tertiary/aromatic N) is 1. The molecule has 8 heteroatoms. The molecule has 0 aromatic heterocycles. The van der Waals surface area contributed by atoms with Crippen molar-refractivity contribution < 1.29 is 14.3 Å². The fourth-order valence-corrected chi connectivity index (χ4v) is 3.15. The number of hydrogen-bond donors (Lipinski definition) is 3. The highest BCUT2D eigenvalue weighted by Crippen LogP contribution is 2.31. The zero-order chi connectivity index (χ0) is 19.8. The Hall–Kier alpha value is -2.49. The van der Waals surface area contributed by atoms with E-state index in [0.717, 1.165) is 22.7 Å². The maximum atomic E-state index is 11.9. The average Bonchev–Trinajstić information content (AvgIpc) is 2.73. The third kappa shape index (κ3) is 6.52. The van der Waals surface area contributed by atoms with Crippen molar-refractivity contribution in [3.63, 3.8) is 0 Å². The second kappa shape index (κ2) is 11.5. The maximum Gasteiger partial charge on any atom is 0.225 e. The Labute approximate surface area is 188 Å². The van der Waals surface area contributed by atoms with Crippen LogP contribution in [0.5, 0.6) is 11.5 Å². The van der Waals surface area contributed by atoms with Crippen LogP contribution in [0, 0.1) is 0 Å². The Bertz CT molecular complexity index is 844. The van der Waals surface area contributed by atoms with Crippen LogP contribution in [0.15, 0.2) is 53.5 Å². The standard InChI is InChI=1S/C21H26N4O3.HI/c1-22-21(23-10-11-28-17-7-5-6-16(13-17)27-2)24-14-15-12-20(26)25-19-9-4-3-8-18(15)19;/h3-9,13,15H,10-12,14H2,1-2H3,(H,25,26)(H2,22,23,24);1H. The molecule has 0 fully saturated rings. The summed E-state index contributed by atoms with van der Waals surface area (Å²) in [5.74, 6) is 2.35. The summed E-state index contributed by atoms with van der Waals surface area (Å²) in [7, 11) is 3.35. The fraction of sp³-hybridized carbons (Fsp3) is 0.333. The van der Waals surface area contributed by atoms with E-state index in [1.807, 2.05) is 42.5 Å². The average molecular weight is 510 g/mol. The summed E-state index contributed by atoms with van der Waals surface area (Å²) in [6.45, 7) is 1.71. The normalized spacial score (nSPS) is 15.4. The van der Waals surface area contributed by atoms with Crippen molar-refractivity contribution in [3.05, 3.63) is 54.1 Å². The summed E-state index contributed by atoms with van der Waals surface area (Å²) in [5, 5.41) is 9.44. The number of benzene rings is 2. The molecule has 1 heterocycles. The lowest BCUT2D eigenvalue weighted by atomic mass is 9.90. The highest BCUT2D eigenvalue weighted by atomic mass is 127. The second-order valence-corrected chi connectivity index (χ2v) is 6.44. The minimum Gasteiger partial charge on any atom is -0.497 e. The number of amides is 1. The zero-order valence-electron chi connectivity index (χ0n) is 16.6. The van der Waals surface area contributed by atoms with E-state index in [-0.39, 0.29) is 35.8 Å². The molecule has 0 spiro atoms. The summed E-state index contributed by atoms with van der Waals surface area (Å²) in [4.78, 5) is 16.2. The van der Waals surface area contributed by atoms with Crippen molar-refractivity contribution in [2.75, 3.05) is 39.2 Å². The number of carbonyl (C=O) groups excluding carboxylic acids is 1. The van der Waals surface area contributed by atoms with Crippen molar-refractivity contribution >= 4 is 41.5 Å². The van der Waals surface area contributed by atoms with Crippen molar-refractivity contribution in [3.8, 4) is 11.5 Å². The number of carbonyl (C=O) groups is 1. The summed E-state index contributed by atoms with van der Waals surface area (Å²) in [6, 6.07) is 15.4. The number of rotatable bonds is 7. The van der Waals surface area contributed by atoms with Crippen molar-refractivity contribution in [1.82, 2.24) is 10.6 Å². The molecule has 0 saturated heterocycles. The van der Waals surface area contributed by atoms with E-state index in [4.69, 9.17) is 9.47 Å². The first-order valence-electron chi connectivity index (χ1n) is 9.29. The fourth-order valence-electron chi connectivity index (χ4n) is 3.15. The van der Waals surface area contributed by atoms with Gasteiger partial charge in [-0.1, -0.05) is 24.3 Å². The topological polar surface area (TPSA) is 84.0 Å². The van der Waals surface area contributed by atoms with Crippen LogP contribution in [-0.2, 0) is 4.79 Å². The third-order valence-electron chi connectivity index (χ3n) is 4.55. The van der Waals surface area contributed by atoms with Crippen molar-refractivity contribution in [2.24, 2.45) is 4.99 Å². The van der Waals surface area contributed by atoms with Gasteiger partial charge in [0.25, 0.3) is 0 Å². The summed E-state index contributed by atoms with van der Waals surface area (Å²) >= 11 is 0. The Kier molecular flexibility index (Phi) is 9.04. The summed E-state index contributed by atoms with van der Waals surface area (Å²) in [6.07, 6.45) is 0.458. The van der Waals surface area contributed by atoms with Crippen LogP contribution in [-0.4, -0.2) is 45.7 Å². The Morgan fingerprint density at radius 3 is 2.76 bits per heavy atom. The molecule has 1 unspecified atom stereocenters. The molecule has 0 aliphatic carbocycles. The van der Waals surface area contributed by atoms with Gasteiger partial charge in [0.2, 0.25) is 5.91 Å². The van der Waals surface area contributed by atoms with E-state index in [1.165, 1.54) is 0 Å². The van der Waals surface area contributed by atoms with Gasteiger partial charge in [0.05, 0.1) is 13.7 Å². The number of para-hydroxylation sites is 1. The Morgan fingerprint density at radius 1 is 1.17 bits per heavy atom. The first-order valence-corrected chi connectivity index (χ1v) is 9.29. The van der Waals surface area contributed by atoms with E-state index >= 15 is 0 Å². The van der Waals surface area contributed by atoms with Crippen LogP contribution in [0.1, 0.15) is 17.9 Å². The zero-order valence-corrected chi connectivity index (χ0v) is 18.9. The van der Waals surface area contributed by atoms with Gasteiger partial charge in [-0.2, -0.15) is 0 Å². The van der Waals surface area contributed by atoms with Crippen molar-refractivity contribution in [1.29, 1.82) is 0 Å². The lowest BCUT2D eigenvalue weighted by molar-refractivity contribution is -0.116.